The van der Waals surface area contributed by atoms with Gasteiger partial charge in [-0.05, 0) is 57.9 Å². The molecule has 0 saturated carbocycles. The van der Waals surface area contributed by atoms with Crippen LogP contribution in [0.1, 0.15) is 44.0 Å². The summed E-state index contributed by atoms with van der Waals surface area (Å²) in [6.45, 7) is 7.96. The van der Waals surface area contributed by atoms with E-state index in [0.717, 1.165) is 52.1 Å². The van der Waals surface area contributed by atoms with Gasteiger partial charge in [0, 0.05) is 30.5 Å². The van der Waals surface area contributed by atoms with Gasteiger partial charge in [0.15, 0.2) is 0 Å². The Kier molecular flexibility index (Phi) is 5.81. The van der Waals surface area contributed by atoms with Crippen LogP contribution >= 0.6 is 0 Å². The van der Waals surface area contributed by atoms with E-state index in [9.17, 15) is 0 Å². The molecule has 0 unspecified atom stereocenters. The van der Waals surface area contributed by atoms with E-state index in [1.54, 1.807) is 12.4 Å². The first kappa shape index (κ1) is 21.2. The molecular weight excluding hydrogens is 416 g/mol. The van der Waals surface area contributed by atoms with Crippen molar-refractivity contribution < 1.29 is 9.47 Å². The molecular formula is C25H28N6O2. The second kappa shape index (κ2) is 9.05. The maximum Gasteiger partial charge on any atom is 0.222 e. The van der Waals surface area contributed by atoms with Crippen LogP contribution in [0, 0.1) is 6.92 Å². The molecule has 0 atom stereocenters. The number of aryl methyl sites for hydroxylation is 1. The zero-order valence-corrected chi connectivity index (χ0v) is 19.2. The molecule has 0 spiro atoms. The average Bonchev–Trinajstić information content (AvgIpc) is 3.17. The minimum absolute atomic E-state index is 0.193. The average molecular weight is 445 g/mol. The number of aromatic nitrogens is 5. The molecule has 170 valence electrons. The fraction of sp³-hybridized carbons (Fsp3) is 0.360. The van der Waals surface area contributed by atoms with Gasteiger partial charge in [0.1, 0.15) is 11.0 Å². The maximum absolute atomic E-state index is 6.05. The molecule has 1 aliphatic heterocycles. The highest BCUT2D eigenvalue weighted by Gasteiger charge is 2.20. The third-order valence-corrected chi connectivity index (χ3v) is 5.69. The number of pyridine rings is 3. The maximum atomic E-state index is 6.05. The predicted octanol–water partition coefficient (Wildman–Crippen LogP) is 4.94. The summed E-state index contributed by atoms with van der Waals surface area (Å²) in [5.41, 5.74) is 6.36. The van der Waals surface area contributed by atoms with Gasteiger partial charge in [-0.15, -0.1) is 0 Å². The molecule has 8 nitrogen and oxygen atoms in total. The molecule has 1 N–H and O–H groups in total. The number of nitrogens with one attached hydrogen (secondary N) is 1. The Bertz CT molecular complexity index is 1280. The molecule has 33 heavy (non-hydrogen) atoms. The van der Waals surface area contributed by atoms with Crippen molar-refractivity contribution in [2.45, 2.75) is 46.2 Å². The van der Waals surface area contributed by atoms with E-state index in [-0.39, 0.29) is 6.04 Å². The fourth-order valence-electron chi connectivity index (χ4n) is 4.05. The summed E-state index contributed by atoms with van der Waals surface area (Å²) >= 11 is 0. The third-order valence-electron chi connectivity index (χ3n) is 5.69. The van der Waals surface area contributed by atoms with Gasteiger partial charge in [0.25, 0.3) is 0 Å². The van der Waals surface area contributed by atoms with Gasteiger partial charge in [-0.2, -0.15) is 5.10 Å². The molecule has 8 heteroatoms. The van der Waals surface area contributed by atoms with Crippen LogP contribution in [0.4, 0.5) is 5.69 Å². The lowest BCUT2D eigenvalue weighted by atomic mass is 10.1. The van der Waals surface area contributed by atoms with Crippen LogP contribution < -0.4 is 14.8 Å². The zero-order valence-electron chi connectivity index (χ0n) is 19.2. The molecule has 0 saturated heterocycles. The SMILES string of the molecule is Cc1nn(C(C)C)c2c3cc(nc12)-c1cccnc1OCCCCOc1ncccc1CN3. The number of nitrogens with zero attached hydrogens (tertiary/aromatic N) is 5. The normalized spacial score (nSPS) is 14.3. The number of fused-ring (bicyclic) bond motifs is 7. The Hall–Kier alpha value is -3.68. The van der Waals surface area contributed by atoms with Gasteiger partial charge in [-0.25, -0.2) is 15.0 Å². The van der Waals surface area contributed by atoms with Crippen molar-refractivity contribution in [3.05, 3.63) is 54.0 Å². The minimum atomic E-state index is 0.193. The number of anilines is 1. The Balaban J connectivity index is 1.69. The van der Waals surface area contributed by atoms with Crippen LogP contribution in [-0.2, 0) is 6.54 Å². The van der Waals surface area contributed by atoms with Crippen LogP contribution in [0.3, 0.4) is 0 Å². The first-order valence-electron chi connectivity index (χ1n) is 11.4. The number of rotatable bonds is 1. The van der Waals surface area contributed by atoms with Crippen molar-refractivity contribution in [2.75, 3.05) is 18.5 Å². The molecule has 0 amide bonds. The number of hydrogen-bond donors (Lipinski definition) is 1. The summed E-state index contributed by atoms with van der Waals surface area (Å²) < 4.78 is 14.1. The lowest BCUT2D eigenvalue weighted by Gasteiger charge is -2.15. The highest BCUT2D eigenvalue weighted by molar-refractivity contribution is 5.93. The number of ether oxygens (including phenoxy) is 2. The highest BCUT2D eigenvalue weighted by Crippen LogP contribution is 2.35. The standard InChI is InChI=1S/C25H28N6O2/c1-16(2)31-23-21-14-20(29-22(23)17(3)30-31)19-9-7-11-27-25(19)33-13-5-4-12-32-24-18(15-28-21)8-6-10-26-24/h6-11,14,16,28H,4-5,12-13,15H2,1-3H3. The molecule has 0 radical (unpaired) electrons. The van der Waals surface area contributed by atoms with E-state index < -0.39 is 0 Å². The largest absolute Gasteiger partial charge is 0.477 e. The molecule has 0 fully saturated rings. The molecule has 5 rings (SSSR count). The van der Waals surface area contributed by atoms with Crippen molar-refractivity contribution in [1.29, 1.82) is 0 Å². The molecule has 0 aromatic carbocycles. The lowest BCUT2D eigenvalue weighted by Crippen LogP contribution is -2.09. The molecule has 4 aromatic heterocycles. The van der Waals surface area contributed by atoms with Gasteiger partial charge in [0.05, 0.1) is 35.9 Å². The first-order valence-corrected chi connectivity index (χ1v) is 11.4. The number of hydrogen-bond acceptors (Lipinski definition) is 7. The Labute approximate surface area is 193 Å². The van der Waals surface area contributed by atoms with Crippen LogP contribution in [0.15, 0.2) is 42.7 Å². The van der Waals surface area contributed by atoms with Crippen molar-refractivity contribution in [3.8, 4) is 23.0 Å². The Morgan fingerprint density at radius 2 is 1.73 bits per heavy atom. The molecule has 1 aliphatic rings. The zero-order chi connectivity index (χ0) is 22.8. The van der Waals surface area contributed by atoms with Crippen molar-refractivity contribution in [3.63, 3.8) is 0 Å². The van der Waals surface area contributed by atoms with Gasteiger partial charge in [-0.1, -0.05) is 6.07 Å². The van der Waals surface area contributed by atoms with Gasteiger partial charge >= 0.3 is 0 Å². The van der Waals surface area contributed by atoms with Gasteiger partial charge in [-0.3, -0.25) is 4.68 Å². The van der Waals surface area contributed by atoms with Crippen LogP contribution in [0.25, 0.3) is 22.3 Å². The molecule has 0 aliphatic carbocycles. The monoisotopic (exact) mass is 444 g/mol. The third kappa shape index (κ3) is 4.20. The summed E-state index contributed by atoms with van der Waals surface area (Å²) in [4.78, 5) is 13.9. The summed E-state index contributed by atoms with van der Waals surface area (Å²) in [6.07, 6.45) is 5.23. The molecule has 4 aromatic rings. The van der Waals surface area contributed by atoms with Crippen molar-refractivity contribution in [1.82, 2.24) is 24.7 Å². The lowest BCUT2D eigenvalue weighted by molar-refractivity contribution is 0.256. The Morgan fingerprint density at radius 3 is 2.52 bits per heavy atom. The second-order valence-corrected chi connectivity index (χ2v) is 8.46. The van der Waals surface area contributed by atoms with Crippen molar-refractivity contribution in [2.24, 2.45) is 0 Å². The summed E-state index contributed by atoms with van der Waals surface area (Å²) in [6, 6.07) is 10.1. The molecule has 5 heterocycles. The van der Waals surface area contributed by atoms with E-state index in [0.29, 0.717) is 31.5 Å². The van der Waals surface area contributed by atoms with Crippen LogP contribution in [0.5, 0.6) is 11.8 Å². The summed E-state index contributed by atoms with van der Waals surface area (Å²) in [5, 5.41) is 8.40. The fourth-order valence-corrected chi connectivity index (χ4v) is 4.05. The van der Waals surface area contributed by atoms with E-state index in [2.05, 4.69) is 35.2 Å². The van der Waals surface area contributed by atoms with E-state index >= 15 is 0 Å². The molecule has 2 bridgehead atoms. The van der Waals surface area contributed by atoms with E-state index in [1.165, 1.54) is 0 Å². The van der Waals surface area contributed by atoms with Crippen LogP contribution in [-0.4, -0.2) is 37.9 Å². The smallest absolute Gasteiger partial charge is 0.222 e. The predicted molar refractivity (Wildman–Crippen MR) is 128 cm³/mol. The minimum Gasteiger partial charge on any atom is -0.477 e. The first-order chi connectivity index (χ1) is 16.1. The van der Waals surface area contributed by atoms with Gasteiger partial charge in [0.2, 0.25) is 11.8 Å². The van der Waals surface area contributed by atoms with Crippen molar-refractivity contribution >= 4 is 16.7 Å². The van der Waals surface area contributed by atoms with E-state index in [1.807, 2.05) is 35.9 Å². The second-order valence-electron chi connectivity index (χ2n) is 8.46. The quantitative estimate of drug-likeness (QED) is 0.445. The topological polar surface area (TPSA) is 87.0 Å². The summed E-state index contributed by atoms with van der Waals surface area (Å²) in [7, 11) is 0. The van der Waals surface area contributed by atoms with Crippen LogP contribution in [0.2, 0.25) is 0 Å². The Morgan fingerprint density at radius 1 is 1.00 bits per heavy atom. The highest BCUT2D eigenvalue weighted by atomic mass is 16.5. The summed E-state index contributed by atoms with van der Waals surface area (Å²) in [5.74, 6) is 1.25. The van der Waals surface area contributed by atoms with Gasteiger partial charge < -0.3 is 14.8 Å². The van der Waals surface area contributed by atoms with E-state index in [4.69, 9.17) is 19.6 Å².